The van der Waals surface area contributed by atoms with E-state index in [1.807, 2.05) is 22.7 Å². The Morgan fingerprint density at radius 3 is 1.29 bits per heavy atom. The molecule has 3 heterocycles. The third-order valence-corrected chi connectivity index (χ3v) is 13.9. The van der Waals surface area contributed by atoms with Crippen molar-refractivity contribution in [1.82, 2.24) is 4.57 Å². The van der Waals surface area contributed by atoms with Gasteiger partial charge in [0.05, 0.1) is 11.0 Å². The van der Waals surface area contributed by atoms with Crippen molar-refractivity contribution in [1.29, 1.82) is 0 Å². The highest BCUT2D eigenvalue weighted by atomic mass is 32.1. The second-order valence-corrected chi connectivity index (χ2v) is 16.5. The Bertz CT molecular complexity index is 3310. The first-order valence-electron chi connectivity index (χ1n) is 18.8. The van der Waals surface area contributed by atoms with Gasteiger partial charge in [-0.15, -0.1) is 22.7 Å². The van der Waals surface area contributed by atoms with Gasteiger partial charge in [-0.3, -0.25) is 0 Å². The lowest BCUT2D eigenvalue weighted by atomic mass is 9.98. The Labute approximate surface area is 325 Å². The molecule has 0 aliphatic carbocycles. The first kappa shape index (κ1) is 30.9. The van der Waals surface area contributed by atoms with Crippen molar-refractivity contribution in [2.24, 2.45) is 0 Å². The van der Waals surface area contributed by atoms with Crippen LogP contribution in [0.2, 0.25) is 0 Å². The summed E-state index contributed by atoms with van der Waals surface area (Å²) >= 11 is 3.79. The summed E-state index contributed by atoms with van der Waals surface area (Å²) in [6.07, 6.45) is 0. The molecule has 3 aromatic heterocycles. The molecule has 0 bridgehead atoms. The number of rotatable bonds is 4. The van der Waals surface area contributed by atoms with Crippen molar-refractivity contribution in [2.45, 2.75) is 0 Å². The van der Waals surface area contributed by atoms with Gasteiger partial charge in [0.2, 0.25) is 0 Å². The topological polar surface area (TPSA) is 4.93 Å². The van der Waals surface area contributed by atoms with Gasteiger partial charge >= 0.3 is 0 Å². The lowest BCUT2D eigenvalue weighted by Crippen LogP contribution is -1.97. The van der Waals surface area contributed by atoms with E-state index in [2.05, 4.69) is 193 Å². The molecule has 1 nitrogen and oxygen atoms in total. The van der Waals surface area contributed by atoms with Gasteiger partial charge in [0.15, 0.2) is 0 Å². The van der Waals surface area contributed by atoms with E-state index in [0.717, 1.165) is 5.69 Å². The molecule has 0 fully saturated rings. The third kappa shape index (κ3) is 4.58. The number of aromatic nitrogens is 1. The van der Waals surface area contributed by atoms with Gasteiger partial charge in [-0.1, -0.05) is 164 Å². The highest BCUT2D eigenvalue weighted by molar-refractivity contribution is 7.26. The quantitative estimate of drug-likeness (QED) is 0.170. The number of hydrogen-bond acceptors (Lipinski definition) is 2. The van der Waals surface area contributed by atoms with E-state index in [-0.39, 0.29) is 0 Å². The SMILES string of the molecule is c1ccc2c(-c3ccc(-n4c5c(-c6cccc7c6sc6ccccc67)cccc5c5cccc(-c6cccc7c6sc6ccccc67)c54)cc3)cccc2c1. The molecule has 12 rings (SSSR count). The highest BCUT2D eigenvalue weighted by Crippen LogP contribution is 2.48. The molecular weight excluding hydrogens is 703 g/mol. The van der Waals surface area contributed by atoms with Crippen molar-refractivity contribution < 1.29 is 0 Å². The summed E-state index contributed by atoms with van der Waals surface area (Å²) in [6, 6.07) is 69.6. The molecule has 0 saturated carbocycles. The molecule has 0 aliphatic rings. The predicted molar refractivity (Wildman–Crippen MR) is 240 cm³/mol. The Kier molecular flexibility index (Phi) is 6.74. The second kappa shape index (κ2) is 12.0. The first-order valence-corrected chi connectivity index (χ1v) is 20.4. The molecule has 3 heteroatoms. The number of para-hydroxylation sites is 2. The summed E-state index contributed by atoms with van der Waals surface area (Å²) in [6.45, 7) is 0. The highest BCUT2D eigenvalue weighted by Gasteiger charge is 2.22. The van der Waals surface area contributed by atoms with E-state index in [0.29, 0.717) is 0 Å². The Morgan fingerprint density at radius 2 is 0.709 bits per heavy atom. The molecule has 0 amide bonds. The predicted octanol–water partition coefficient (Wildman–Crippen LogP) is 15.7. The van der Waals surface area contributed by atoms with E-state index < -0.39 is 0 Å². The Morgan fingerprint density at radius 1 is 0.291 bits per heavy atom. The van der Waals surface area contributed by atoms with Gasteiger partial charge in [0.1, 0.15) is 0 Å². The van der Waals surface area contributed by atoms with Gasteiger partial charge in [0.25, 0.3) is 0 Å². The maximum Gasteiger partial charge on any atom is 0.0620 e. The van der Waals surface area contributed by atoms with Crippen molar-refractivity contribution in [2.75, 3.05) is 0 Å². The van der Waals surface area contributed by atoms with Gasteiger partial charge in [0, 0.05) is 79.1 Å². The molecule has 55 heavy (non-hydrogen) atoms. The van der Waals surface area contributed by atoms with Crippen LogP contribution in [0.4, 0.5) is 0 Å². The Hall–Kier alpha value is -6.52. The standard InChI is InChI=1S/C52H31NS2/c1-2-14-35-32(12-1)13-7-17-36(35)33-28-30-34(31-29-33)53-49-39(18-8-20-41(49)45-24-10-22-43-37-15-3-5-26-47(37)54-51(43)45)40-19-9-21-42(50(40)53)46-25-11-23-44-38-16-4-6-27-48(38)55-52(44)46/h1-31H. The average Bonchev–Trinajstić information content (AvgIpc) is 3.93. The first-order chi connectivity index (χ1) is 27.3. The fourth-order valence-electron chi connectivity index (χ4n) is 8.99. The molecule has 0 unspecified atom stereocenters. The number of thiophene rings is 2. The van der Waals surface area contributed by atoms with Crippen molar-refractivity contribution in [3.8, 4) is 39.1 Å². The summed E-state index contributed by atoms with van der Waals surface area (Å²) in [5.74, 6) is 0. The van der Waals surface area contributed by atoms with E-state index in [1.54, 1.807) is 0 Å². The van der Waals surface area contributed by atoms with E-state index >= 15 is 0 Å². The van der Waals surface area contributed by atoms with E-state index in [9.17, 15) is 0 Å². The third-order valence-electron chi connectivity index (χ3n) is 11.4. The average molecular weight is 734 g/mol. The van der Waals surface area contributed by atoms with Crippen LogP contribution in [0.15, 0.2) is 188 Å². The molecule has 256 valence electrons. The molecule has 0 radical (unpaired) electrons. The molecule has 0 aliphatic heterocycles. The van der Waals surface area contributed by atoms with Crippen LogP contribution >= 0.6 is 22.7 Å². The maximum atomic E-state index is 2.56. The summed E-state index contributed by atoms with van der Waals surface area (Å²) < 4.78 is 7.85. The molecule has 0 spiro atoms. The van der Waals surface area contributed by atoms with Gasteiger partial charge < -0.3 is 4.57 Å². The summed E-state index contributed by atoms with van der Waals surface area (Å²) in [5, 5.41) is 10.3. The number of nitrogens with zero attached hydrogens (tertiary/aromatic N) is 1. The summed E-state index contributed by atoms with van der Waals surface area (Å²) in [4.78, 5) is 0. The normalized spacial score (nSPS) is 12.0. The van der Waals surface area contributed by atoms with Crippen molar-refractivity contribution in [3.05, 3.63) is 188 Å². The fraction of sp³-hybridized carbons (Fsp3) is 0. The second-order valence-electron chi connectivity index (χ2n) is 14.4. The molecule has 9 aromatic carbocycles. The minimum absolute atomic E-state index is 1.15. The van der Waals surface area contributed by atoms with Crippen LogP contribution < -0.4 is 0 Å². The van der Waals surface area contributed by atoms with Crippen LogP contribution in [0.25, 0.3) is 112 Å². The van der Waals surface area contributed by atoms with Crippen LogP contribution in [0, 0.1) is 0 Å². The number of hydrogen-bond donors (Lipinski definition) is 0. The molecule has 0 saturated heterocycles. The van der Waals surface area contributed by atoms with Gasteiger partial charge in [-0.25, -0.2) is 0 Å². The number of benzene rings is 9. The fourth-order valence-corrected chi connectivity index (χ4v) is 11.5. The summed E-state index contributed by atoms with van der Waals surface area (Å²) in [7, 11) is 0. The van der Waals surface area contributed by atoms with Crippen LogP contribution in [-0.2, 0) is 0 Å². The molecular formula is C52H31NS2. The van der Waals surface area contributed by atoms with Crippen LogP contribution in [-0.4, -0.2) is 4.57 Å². The lowest BCUT2D eigenvalue weighted by molar-refractivity contribution is 1.18. The van der Waals surface area contributed by atoms with Crippen LogP contribution in [0.5, 0.6) is 0 Å². The lowest BCUT2D eigenvalue weighted by Gasteiger charge is -2.15. The minimum atomic E-state index is 1.15. The largest absolute Gasteiger partial charge is 0.308 e. The van der Waals surface area contributed by atoms with E-state index in [4.69, 9.17) is 0 Å². The van der Waals surface area contributed by atoms with Crippen molar-refractivity contribution in [3.63, 3.8) is 0 Å². The molecule has 0 atom stereocenters. The molecule has 0 N–H and O–H groups in total. The zero-order valence-electron chi connectivity index (χ0n) is 29.7. The monoisotopic (exact) mass is 733 g/mol. The number of fused-ring (bicyclic) bond motifs is 10. The van der Waals surface area contributed by atoms with Gasteiger partial charge in [-0.05, 0) is 46.2 Å². The summed E-state index contributed by atoms with van der Waals surface area (Å²) in [5.41, 5.74) is 11.1. The maximum absolute atomic E-state index is 2.56. The molecule has 12 aromatic rings. The zero-order valence-corrected chi connectivity index (χ0v) is 31.3. The van der Waals surface area contributed by atoms with E-state index in [1.165, 1.54) is 106 Å². The van der Waals surface area contributed by atoms with Gasteiger partial charge in [-0.2, -0.15) is 0 Å². The van der Waals surface area contributed by atoms with Crippen molar-refractivity contribution >= 4 is 95.6 Å². The Balaban J connectivity index is 1.18. The zero-order chi connectivity index (χ0) is 36.0. The smallest absolute Gasteiger partial charge is 0.0620 e. The minimum Gasteiger partial charge on any atom is -0.308 e. The van der Waals surface area contributed by atoms with Crippen LogP contribution in [0.3, 0.4) is 0 Å². The van der Waals surface area contributed by atoms with Crippen LogP contribution in [0.1, 0.15) is 0 Å².